The Kier molecular flexibility index (Phi) is 7.26. The molecule has 112 valence electrons. The monoisotopic (exact) mass is 316 g/mol. The third-order valence-electron chi connectivity index (χ3n) is 2.75. The predicted molar refractivity (Wildman–Crippen MR) is 78.7 cm³/mol. The van der Waals surface area contributed by atoms with Crippen LogP contribution in [0.1, 0.15) is 18.4 Å². The molecule has 0 aliphatic rings. The normalized spacial score (nSPS) is 9.18. The minimum atomic E-state index is -0.328. The van der Waals surface area contributed by atoms with E-state index in [0.29, 0.717) is 11.3 Å². The number of hydrogen-bond donors (Lipinski definition) is 0. The van der Waals surface area contributed by atoms with Gasteiger partial charge in [-0.3, -0.25) is 4.79 Å². The Hall–Kier alpha value is -2.75. The fourth-order valence-electron chi connectivity index (χ4n) is 1.65. The molecule has 0 saturated heterocycles. The molecule has 0 saturated carbocycles. The summed E-state index contributed by atoms with van der Waals surface area (Å²) in [6, 6.07) is 10.4. The molecular formula is C15H13ClN4O2. The molecule has 1 aromatic carbocycles. The minimum absolute atomic E-state index is 0.189. The first-order valence-corrected chi connectivity index (χ1v) is 6.84. The van der Waals surface area contributed by atoms with E-state index < -0.39 is 0 Å². The fraction of sp³-hybridized carbons (Fsp3) is 0.333. The molecule has 0 unspecified atom stereocenters. The average molecular weight is 317 g/mol. The lowest BCUT2D eigenvalue weighted by atomic mass is 10.2. The molecule has 0 aliphatic heterocycles. The summed E-state index contributed by atoms with van der Waals surface area (Å²) in [4.78, 5) is 13.5. The average Bonchev–Trinajstić information content (AvgIpc) is 2.53. The van der Waals surface area contributed by atoms with Gasteiger partial charge in [-0.05, 0) is 18.2 Å². The van der Waals surface area contributed by atoms with Crippen molar-refractivity contribution in [1.29, 1.82) is 15.8 Å². The van der Waals surface area contributed by atoms with Crippen LogP contribution in [-0.4, -0.2) is 30.5 Å². The van der Waals surface area contributed by atoms with Crippen LogP contribution in [0.5, 0.6) is 5.75 Å². The van der Waals surface area contributed by atoms with E-state index in [1.165, 1.54) is 23.1 Å². The summed E-state index contributed by atoms with van der Waals surface area (Å²) in [6.45, 7) is 0.255. The Bertz CT molecular complexity index is 637. The molecule has 0 bridgehead atoms. The third kappa shape index (κ3) is 5.32. The van der Waals surface area contributed by atoms with Crippen LogP contribution >= 0.6 is 11.6 Å². The number of nitrogens with zero attached hydrogens (tertiary/aromatic N) is 4. The van der Waals surface area contributed by atoms with Gasteiger partial charge in [0.05, 0.1) is 41.6 Å². The van der Waals surface area contributed by atoms with E-state index in [1.54, 1.807) is 0 Å². The van der Waals surface area contributed by atoms with E-state index in [-0.39, 0.29) is 43.5 Å². The van der Waals surface area contributed by atoms with E-state index >= 15 is 0 Å². The van der Waals surface area contributed by atoms with Crippen molar-refractivity contribution in [1.82, 2.24) is 4.90 Å². The second kappa shape index (κ2) is 9.23. The van der Waals surface area contributed by atoms with Gasteiger partial charge in [-0.2, -0.15) is 15.8 Å². The lowest BCUT2D eigenvalue weighted by Gasteiger charge is -2.20. The Balaban J connectivity index is 2.64. The van der Waals surface area contributed by atoms with Crippen molar-refractivity contribution in [2.45, 2.75) is 12.8 Å². The Morgan fingerprint density at radius 3 is 2.32 bits per heavy atom. The van der Waals surface area contributed by atoms with Crippen molar-refractivity contribution < 1.29 is 9.53 Å². The Morgan fingerprint density at radius 2 is 1.82 bits per heavy atom. The largest absolute Gasteiger partial charge is 0.482 e. The maximum absolute atomic E-state index is 12.0. The van der Waals surface area contributed by atoms with Crippen LogP contribution in [0, 0.1) is 34.0 Å². The highest BCUT2D eigenvalue weighted by molar-refractivity contribution is 6.32. The first-order chi connectivity index (χ1) is 10.6. The molecule has 1 aromatic rings. The lowest BCUT2D eigenvalue weighted by Crippen LogP contribution is -2.36. The molecule has 0 N–H and O–H groups in total. The van der Waals surface area contributed by atoms with Gasteiger partial charge in [0.15, 0.2) is 6.61 Å². The molecule has 7 heteroatoms. The summed E-state index contributed by atoms with van der Waals surface area (Å²) >= 11 is 5.95. The zero-order valence-corrected chi connectivity index (χ0v) is 12.5. The van der Waals surface area contributed by atoms with E-state index in [1.807, 2.05) is 18.2 Å². The van der Waals surface area contributed by atoms with Crippen LogP contribution in [0.15, 0.2) is 18.2 Å². The van der Waals surface area contributed by atoms with Crippen molar-refractivity contribution in [3.05, 3.63) is 28.8 Å². The van der Waals surface area contributed by atoms with Crippen molar-refractivity contribution in [2.24, 2.45) is 0 Å². The third-order valence-corrected chi connectivity index (χ3v) is 3.05. The number of nitriles is 3. The Morgan fingerprint density at radius 1 is 1.18 bits per heavy atom. The molecule has 0 radical (unpaired) electrons. The summed E-state index contributed by atoms with van der Waals surface area (Å²) < 4.78 is 5.34. The van der Waals surface area contributed by atoms with Gasteiger partial charge in [0.1, 0.15) is 5.75 Å². The molecule has 1 amide bonds. The van der Waals surface area contributed by atoms with Crippen LogP contribution in [-0.2, 0) is 4.79 Å². The SMILES string of the molecule is N#CCCN(CCC#N)C(=O)COc1ccc(C#N)cc1Cl. The fourth-order valence-corrected chi connectivity index (χ4v) is 1.88. The van der Waals surface area contributed by atoms with Crippen LogP contribution < -0.4 is 4.74 Å². The first-order valence-electron chi connectivity index (χ1n) is 6.46. The second-order valence-corrected chi connectivity index (χ2v) is 4.65. The van der Waals surface area contributed by atoms with Gasteiger partial charge >= 0.3 is 0 Å². The first kappa shape index (κ1) is 17.3. The van der Waals surface area contributed by atoms with Gasteiger partial charge in [-0.1, -0.05) is 11.6 Å². The minimum Gasteiger partial charge on any atom is -0.482 e. The summed E-state index contributed by atoms with van der Waals surface area (Å²) in [5, 5.41) is 26.2. The molecular weight excluding hydrogens is 304 g/mol. The molecule has 6 nitrogen and oxygen atoms in total. The van der Waals surface area contributed by atoms with E-state index in [2.05, 4.69) is 0 Å². The van der Waals surface area contributed by atoms with Crippen LogP contribution in [0.25, 0.3) is 0 Å². The predicted octanol–water partition coefficient (Wildman–Crippen LogP) is 2.25. The summed E-state index contributed by atoms with van der Waals surface area (Å²) in [6.07, 6.45) is 0.379. The zero-order valence-electron chi connectivity index (χ0n) is 11.8. The summed E-state index contributed by atoms with van der Waals surface area (Å²) in [5.41, 5.74) is 0.397. The number of carbonyl (C=O) groups is 1. The molecule has 0 spiro atoms. The molecule has 0 atom stereocenters. The maximum atomic E-state index is 12.0. The van der Waals surface area contributed by atoms with Crippen LogP contribution in [0.4, 0.5) is 0 Å². The van der Waals surface area contributed by atoms with Gasteiger partial charge in [-0.25, -0.2) is 0 Å². The summed E-state index contributed by atoms with van der Waals surface area (Å²) in [5.74, 6) is -0.0274. The van der Waals surface area contributed by atoms with Crippen molar-refractivity contribution >= 4 is 17.5 Å². The highest BCUT2D eigenvalue weighted by Gasteiger charge is 2.14. The number of benzene rings is 1. The lowest BCUT2D eigenvalue weighted by molar-refractivity contribution is -0.133. The number of rotatable bonds is 7. The number of hydrogen-bond acceptors (Lipinski definition) is 5. The standard InChI is InChI=1S/C15H13ClN4O2/c16-13-9-12(10-19)3-4-14(13)22-11-15(21)20(7-1-5-17)8-2-6-18/h3-4,9H,1-2,7-8,11H2. The highest BCUT2D eigenvalue weighted by atomic mass is 35.5. The molecule has 0 fully saturated rings. The number of amides is 1. The molecule has 0 aliphatic carbocycles. The van der Waals surface area contributed by atoms with Crippen LogP contribution in [0.2, 0.25) is 5.02 Å². The molecule has 0 aromatic heterocycles. The highest BCUT2D eigenvalue weighted by Crippen LogP contribution is 2.25. The van der Waals surface area contributed by atoms with Gasteiger partial charge in [-0.15, -0.1) is 0 Å². The van der Waals surface area contributed by atoms with E-state index in [4.69, 9.17) is 32.1 Å². The summed E-state index contributed by atoms with van der Waals surface area (Å²) in [7, 11) is 0. The van der Waals surface area contributed by atoms with E-state index in [9.17, 15) is 4.79 Å². The zero-order chi connectivity index (χ0) is 16.4. The van der Waals surface area contributed by atoms with Gasteiger partial charge in [0.25, 0.3) is 5.91 Å². The molecule has 22 heavy (non-hydrogen) atoms. The number of halogens is 1. The maximum Gasteiger partial charge on any atom is 0.260 e. The van der Waals surface area contributed by atoms with Crippen molar-refractivity contribution in [3.8, 4) is 24.0 Å². The van der Waals surface area contributed by atoms with Crippen molar-refractivity contribution in [3.63, 3.8) is 0 Å². The molecule has 1 rings (SSSR count). The van der Waals surface area contributed by atoms with E-state index in [0.717, 1.165) is 0 Å². The topological polar surface area (TPSA) is 101 Å². The second-order valence-electron chi connectivity index (χ2n) is 4.24. The smallest absolute Gasteiger partial charge is 0.260 e. The van der Waals surface area contributed by atoms with Crippen molar-refractivity contribution in [2.75, 3.05) is 19.7 Å². The van der Waals surface area contributed by atoms with Gasteiger partial charge in [0.2, 0.25) is 0 Å². The quantitative estimate of drug-likeness (QED) is 0.767. The Labute approximate surface area is 133 Å². The molecule has 0 heterocycles. The van der Waals surface area contributed by atoms with Crippen LogP contribution in [0.3, 0.4) is 0 Å². The number of ether oxygens (including phenoxy) is 1. The number of carbonyl (C=O) groups excluding carboxylic acids is 1. The van der Waals surface area contributed by atoms with Gasteiger partial charge in [0, 0.05) is 13.1 Å². The van der Waals surface area contributed by atoms with Gasteiger partial charge < -0.3 is 9.64 Å².